The molecule has 94 valence electrons. The minimum absolute atomic E-state index is 0.363. The number of fused-ring (bicyclic) bond motifs is 1. The third kappa shape index (κ3) is 2.15. The van der Waals surface area contributed by atoms with Gasteiger partial charge in [0, 0.05) is 17.1 Å². The van der Waals surface area contributed by atoms with E-state index in [1.54, 1.807) is 24.3 Å². The van der Waals surface area contributed by atoms with Crippen LogP contribution in [0.3, 0.4) is 0 Å². The molecule has 0 atom stereocenters. The van der Waals surface area contributed by atoms with Gasteiger partial charge in [0.1, 0.15) is 18.1 Å². The summed E-state index contributed by atoms with van der Waals surface area (Å²) in [6, 6.07) is 5.13. The van der Waals surface area contributed by atoms with E-state index in [0.717, 1.165) is 10.9 Å². The van der Waals surface area contributed by atoms with Gasteiger partial charge in [-0.25, -0.2) is 4.79 Å². The number of hydrogen-bond acceptors (Lipinski definition) is 4. The number of nitrogens with two attached hydrogens (primary N) is 1. The van der Waals surface area contributed by atoms with Crippen molar-refractivity contribution in [3.63, 3.8) is 0 Å². The molecular formula is C13H14N2O3. The number of aromatic amines is 1. The van der Waals surface area contributed by atoms with Crippen molar-refractivity contribution in [2.45, 2.75) is 0 Å². The second-order valence-electron chi connectivity index (χ2n) is 3.75. The van der Waals surface area contributed by atoms with E-state index in [0.29, 0.717) is 23.7 Å². The minimum atomic E-state index is -0.431. The van der Waals surface area contributed by atoms with Crippen LogP contribution in [0.2, 0.25) is 0 Å². The van der Waals surface area contributed by atoms with Crippen molar-refractivity contribution in [1.29, 1.82) is 0 Å². The molecule has 2 rings (SSSR count). The van der Waals surface area contributed by atoms with E-state index < -0.39 is 5.97 Å². The Morgan fingerprint density at radius 2 is 2.28 bits per heavy atom. The average Bonchev–Trinajstić information content (AvgIpc) is 2.78. The molecule has 0 bridgehead atoms. The molecular weight excluding hydrogens is 232 g/mol. The van der Waals surface area contributed by atoms with Gasteiger partial charge in [-0.3, -0.25) is 0 Å². The lowest BCUT2D eigenvalue weighted by Gasteiger charge is -2.05. The number of nitrogen functional groups attached to an aromatic ring is 1. The lowest BCUT2D eigenvalue weighted by atomic mass is 10.2. The van der Waals surface area contributed by atoms with Crippen LogP contribution in [0.15, 0.2) is 30.9 Å². The first-order valence-corrected chi connectivity index (χ1v) is 5.40. The molecule has 18 heavy (non-hydrogen) atoms. The summed E-state index contributed by atoms with van der Waals surface area (Å²) in [5, 5.41) is 0.784. The Balaban J connectivity index is 2.52. The van der Waals surface area contributed by atoms with E-state index in [4.69, 9.17) is 10.5 Å². The van der Waals surface area contributed by atoms with Crippen LogP contribution in [0.5, 0.6) is 5.75 Å². The van der Waals surface area contributed by atoms with Crippen LogP contribution >= 0.6 is 0 Å². The standard InChI is InChI=1S/C13H14N2O3/c1-3-4-18-12-6-8(14)5-10-9(12)7-11(15-10)13(16)17-2/h3,5-7,15H,1,4,14H2,2H3. The number of ether oxygens (including phenoxy) is 2. The van der Waals surface area contributed by atoms with Gasteiger partial charge < -0.3 is 20.2 Å². The quantitative estimate of drug-likeness (QED) is 0.492. The molecule has 0 saturated carbocycles. The summed E-state index contributed by atoms with van der Waals surface area (Å²) in [4.78, 5) is 14.4. The molecule has 0 amide bonds. The molecule has 5 nitrogen and oxygen atoms in total. The van der Waals surface area contributed by atoms with Crippen molar-refractivity contribution in [2.75, 3.05) is 19.5 Å². The first-order valence-electron chi connectivity index (χ1n) is 5.40. The van der Waals surface area contributed by atoms with Crippen molar-refractivity contribution in [3.05, 3.63) is 36.5 Å². The maximum atomic E-state index is 11.5. The van der Waals surface area contributed by atoms with Crippen LogP contribution in [0.25, 0.3) is 10.9 Å². The fraction of sp³-hybridized carbons (Fsp3) is 0.154. The largest absolute Gasteiger partial charge is 0.489 e. The van der Waals surface area contributed by atoms with Gasteiger partial charge in [0.25, 0.3) is 0 Å². The second kappa shape index (κ2) is 4.83. The van der Waals surface area contributed by atoms with E-state index >= 15 is 0 Å². The number of hydrogen-bond donors (Lipinski definition) is 2. The Kier molecular flexibility index (Phi) is 3.23. The summed E-state index contributed by atoms with van der Waals surface area (Å²) < 4.78 is 10.2. The Morgan fingerprint density at radius 1 is 1.50 bits per heavy atom. The maximum absolute atomic E-state index is 11.5. The number of esters is 1. The van der Waals surface area contributed by atoms with Gasteiger partial charge >= 0.3 is 5.97 Å². The lowest BCUT2D eigenvalue weighted by Crippen LogP contribution is -2.00. The second-order valence-corrected chi connectivity index (χ2v) is 3.75. The molecule has 0 aliphatic heterocycles. The van der Waals surface area contributed by atoms with E-state index in [1.165, 1.54) is 7.11 Å². The Hall–Kier alpha value is -2.43. The highest BCUT2D eigenvalue weighted by Crippen LogP contribution is 2.29. The fourth-order valence-corrected chi connectivity index (χ4v) is 1.71. The normalized spacial score (nSPS) is 10.3. The van der Waals surface area contributed by atoms with Crippen LogP contribution in [0.4, 0.5) is 5.69 Å². The van der Waals surface area contributed by atoms with Gasteiger partial charge in [-0.2, -0.15) is 0 Å². The van der Waals surface area contributed by atoms with Crippen molar-refractivity contribution in [2.24, 2.45) is 0 Å². The zero-order valence-electron chi connectivity index (χ0n) is 10.0. The topological polar surface area (TPSA) is 77.3 Å². The molecule has 1 aromatic carbocycles. The molecule has 0 radical (unpaired) electrons. The van der Waals surface area contributed by atoms with E-state index in [9.17, 15) is 4.79 Å². The number of anilines is 1. The SMILES string of the molecule is C=CCOc1cc(N)cc2[nH]c(C(=O)OC)cc12. The number of nitrogens with one attached hydrogen (secondary N) is 1. The van der Waals surface area contributed by atoms with E-state index in [2.05, 4.69) is 16.3 Å². The summed E-state index contributed by atoms with van der Waals surface area (Å²) >= 11 is 0. The molecule has 1 heterocycles. The number of methoxy groups -OCH3 is 1. The summed E-state index contributed by atoms with van der Waals surface area (Å²) in [6.45, 7) is 3.96. The number of rotatable bonds is 4. The molecule has 5 heteroatoms. The third-order valence-electron chi connectivity index (χ3n) is 2.48. The highest BCUT2D eigenvalue weighted by Gasteiger charge is 2.13. The maximum Gasteiger partial charge on any atom is 0.354 e. The molecule has 1 aromatic heterocycles. The fourth-order valence-electron chi connectivity index (χ4n) is 1.71. The van der Waals surface area contributed by atoms with Crippen LogP contribution in [0, 0.1) is 0 Å². The van der Waals surface area contributed by atoms with Gasteiger partial charge in [0.05, 0.1) is 12.6 Å². The van der Waals surface area contributed by atoms with Gasteiger partial charge in [-0.15, -0.1) is 0 Å². The first kappa shape index (κ1) is 12.0. The zero-order chi connectivity index (χ0) is 13.1. The highest BCUT2D eigenvalue weighted by atomic mass is 16.5. The number of carbonyl (C=O) groups excluding carboxylic acids is 1. The zero-order valence-corrected chi connectivity index (χ0v) is 10.0. The lowest BCUT2D eigenvalue weighted by molar-refractivity contribution is 0.0595. The molecule has 3 N–H and O–H groups in total. The minimum Gasteiger partial charge on any atom is -0.489 e. The van der Waals surface area contributed by atoms with E-state index in [-0.39, 0.29) is 0 Å². The summed E-state index contributed by atoms with van der Waals surface area (Å²) in [5.74, 6) is 0.177. The number of carbonyl (C=O) groups is 1. The Morgan fingerprint density at radius 3 is 2.94 bits per heavy atom. The van der Waals surface area contributed by atoms with E-state index in [1.807, 2.05) is 0 Å². The molecule has 0 unspecified atom stereocenters. The number of H-pyrrole nitrogens is 1. The summed E-state index contributed by atoms with van der Waals surface area (Å²) in [6.07, 6.45) is 1.64. The van der Waals surface area contributed by atoms with Gasteiger partial charge in [-0.1, -0.05) is 12.7 Å². The van der Waals surface area contributed by atoms with Crippen LogP contribution < -0.4 is 10.5 Å². The molecule has 0 spiro atoms. The number of benzene rings is 1. The average molecular weight is 246 g/mol. The van der Waals surface area contributed by atoms with Gasteiger partial charge in [0.15, 0.2) is 0 Å². The van der Waals surface area contributed by atoms with Crippen molar-refractivity contribution < 1.29 is 14.3 Å². The van der Waals surface area contributed by atoms with Gasteiger partial charge in [-0.05, 0) is 12.1 Å². The van der Waals surface area contributed by atoms with Crippen LogP contribution in [0.1, 0.15) is 10.5 Å². The van der Waals surface area contributed by atoms with Crippen molar-refractivity contribution >= 4 is 22.6 Å². The van der Waals surface area contributed by atoms with Crippen molar-refractivity contribution in [3.8, 4) is 5.75 Å². The number of aromatic nitrogens is 1. The molecule has 0 fully saturated rings. The predicted octanol–water partition coefficient (Wildman–Crippen LogP) is 2.10. The predicted molar refractivity (Wildman–Crippen MR) is 69.7 cm³/mol. The third-order valence-corrected chi connectivity index (χ3v) is 2.48. The van der Waals surface area contributed by atoms with Crippen molar-refractivity contribution in [1.82, 2.24) is 4.98 Å². The Bertz CT molecular complexity index is 602. The molecule has 2 aromatic rings. The van der Waals surface area contributed by atoms with Crippen LogP contribution in [-0.4, -0.2) is 24.7 Å². The highest BCUT2D eigenvalue weighted by molar-refractivity contribution is 5.98. The Labute approximate surface area is 104 Å². The molecule has 0 saturated heterocycles. The summed E-state index contributed by atoms with van der Waals surface area (Å²) in [7, 11) is 1.33. The summed E-state index contributed by atoms with van der Waals surface area (Å²) in [5.41, 5.74) is 7.42. The molecule has 0 aliphatic rings. The smallest absolute Gasteiger partial charge is 0.354 e. The van der Waals surface area contributed by atoms with Crippen LogP contribution in [-0.2, 0) is 4.74 Å². The molecule has 0 aliphatic carbocycles. The van der Waals surface area contributed by atoms with Gasteiger partial charge in [0.2, 0.25) is 0 Å². The first-order chi connectivity index (χ1) is 8.65. The monoisotopic (exact) mass is 246 g/mol.